The minimum absolute atomic E-state index is 0.0292. The average molecular weight is 618 g/mol. The largest absolute Gasteiger partial charge is 0.451 e. The molecule has 3 aromatic carbocycles. The summed E-state index contributed by atoms with van der Waals surface area (Å²) in [5.41, 5.74) is 1.52. The van der Waals surface area contributed by atoms with E-state index in [1.165, 1.54) is 42.1 Å². The molecule has 5 aromatic rings. The molecule has 2 aromatic heterocycles. The number of nitrogens with zero attached hydrogens (tertiary/aromatic N) is 3. The van der Waals surface area contributed by atoms with E-state index in [0.717, 1.165) is 0 Å². The number of carbonyl (C=O) groups excluding carboxylic acids is 2. The number of hydrogen-bond donors (Lipinski definition) is 2. The number of ether oxygens (including phenoxy) is 1. The smallest absolute Gasteiger partial charge is 0.356 e. The van der Waals surface area contributed by atoms with Gasteiger partial charge in [0.15, 0.2) is 6.61 Å². The molecule has 0 radical (unpaired) electrons. The van der Waals surface area contributed by atoms with Crippen LogP contribution in [-0.4, -0.2) is 41.4 Å². The van der Waals surface area contributed by atoms with Crippen molar-refractivity contribution in [2.24, 2.45) is 7.05 Å². The molecule has 13 heteroatoms. The number of nitrogens with one attached hydrogen (secondary N) is 2. The Bertz CT molecular complexity index is 2030. The molecule has 2 N–H and O–H groups in total. The van der Waals surface area contributed by atoms with Gasteiger partial charge in [-0.1, -0.05) is 41.9 Å². The van der Waals surface area contributed by atoms with Crippen LogP contribution in [-0.2, 0) is 26.6 Å². The predicted molar refractivity (Wildman–Crippen MR) is 163 cm³/mol. The molecule has 0 bridgehead atoms. The second-order valence-electron chi connectivity index (χ2n) is 9.42. The van der Waals surface area contributed by atoms with Crippen molar-refractivity contribution in [3.63, 3.8) is 0 Å². The molecule has 0 aliphatic carbocycles. The highest BCUT2D eigenvalue weighted by Crippen LogP contribution is 2.32. The Morgan fingerprint density at radius 2 is 1.63 bits per heavy atom. The van der Waals surface area contributed by atoms with Crippen LogP contribution in [0.1, 0.15) is 16.2 Å². The number of fused-ring (bicyclic) bond motifs is 1. The third-order valence-corrected chi connectivity index (χ3v) is 8.03. The Kier molecular flexibility index (Phi) is 8.24. The first kappa shape index (κ1) is 29.4. The number of benzene rings is 3. The van der Waals surface area contributed by atoms with E-state index in [4.69, 9.17) is 16.3 Å². The van der Waals surface area contributed by atoms with E-state index in [9.17, 15) is 22.8 Å². The van der Waals surface area contributed by atoms with Gasteiger partial charge in [-0.2, -0.15) is 0 Å². The molecule has 0 aliphatic rings. The summed E-state index contributed by atoms with van der Waals surface area (Å²) in [5.74, 6) is -1.62. The number of aryl methyl sites for hydroxylation is 1. The summed E-state index contributed by atoms with van der Waals surface area (Å²) >= 11 is 6.07. The van der Waals surface area contributed by atoms with Crippen LogP contribution in [0.4, 0.5) is 11.6 Å². The number of aromatic nitrogens is 3. The second-order valence-corrected chi connectivity index (χ2v) is 11.5. The van der Waals surface area contributed by atoms with Crippen LogP contribution in [0.3, 0.4) is 0 Å². The van der Waals surface area contributed by atoms with Crippen molar-refractivity contribution >= 4 is 55.9 Å². The van der Waals surface area contributed by atoms with Crippen molar-refractivity contribution in [2.75, 3.05) is 16.6 Å². The number of carbonyl (C=O) groups is 2. The monoisotopic (exact) mass is 617 g/mol. The highest BCUT2D eigenvalue weighted by Gasteiger charge is 2.24. The van der Waals surface area contributed by atoms with E-state index in [0.29, 0.717) is 32.6 Å². The maximum absolute atomic E-state index is 13.3. The normalized spacial score (nSPS) is 11.2. The zero-order valence-corrected chi connectivity index (χ0v) is 24.4. The zero-order chi connectivity index (χ0) is 30.7. The van der Waals surface area contributed by atoms with Gasteiger partial charge in [0.1, 0.15) is 5.69 Å². The van der Waals surface area contributed by atoms with E-state index >= 15 is 0 Å². The first-order valence-electron chi connectivity index (χ1n) is 12.8. The molecular weight excluding hydrogens is 594 g/mol. The molecule has 0 fully saturated rings. The summed E-state index contributed by atoms with van der Waals surface area (Å²) in [6, 6.07) is 20.7. The third kappa shape index (κ3) is 6.40. The van der Waals surface area contributed by atoms with E-state index in [-0.39, 0.29) is 22.2 Å². The standard InChI is InChI=1S/C30H24ClN5O6S/c1-18-15-16-32-30(33-18)35-43(40,41)22-13-11-21(12-14-22)34-25(37)17-42-29(39)27-26(19-7-9-20(31)10-8-19)23-5-3-4-6-24(23)28(38)36(27)2/h3-16H,17H2,1-2H3,(H,34,37)(H,32,33,35). The predicted octanol–water partition coefficient (Wildman–Crippen LogP) is 4.55. The lowest BCUT2D eigenvalue weighted by Gasteiger charge is -2.17. The Balaban J connectivity index is 1.32. The minimum Gasteiger partial charge on any atom is -0.451 e. The van der Waals surface area contributed by atoms with Gasteiger partial charge in [0.25, 0.3) is 21.5 Å². The van der Waals surface area contributed by atoms with Crippen LogP contribution in [0, 0.1) is 6.92 Å². The average Bonchev–Trinajstić information content (AvgIpc) is 2.98. The van der Waals surface area contributed by atoms with Crippen LogP contribution < -0.4 is 15.6 Å². The van der Waals surface area contributed by atoms with Crippen LogP contribution in [0.5, 0.6) is 0 Å². The van der Waals surface area contributed by atoms with Crippen molar-refractivity contribution in [1.82, 2.24) is 14.5 Å². The highest BCUT2D eigenvalue weighted by atomic mass is 35.5. The molecule has 0 spiro atoms. The number of pyridine rings is 1. The second kappa shape index (κ2) is 12.0. The summed E-state index contributed by atoms with van der Waals surface area (Å²) in [4.78, 5) is 46.9. The molecule has 0 saturated heterocycles. The van der Waals surface area contributed by atoms with Gasteiger partial charge in [-0.15, -0.1) is 0 Å². The summed E-state index contributed by atoms with van der Waals surface area (Å²) in [6.45, 7) is 1.04. The Morgan fingerprint density at radius 1 is 0.953 bits per heavy atom. The van der Waals surface area contributed by atoms with Gasteiger partial charge >= 0.3 is 5.97 Å². The first-order chi connectivity index (χ1) is 20.5. The molecule has 0 aliphatic heterocycles. The fraction of sp³-hybridized carbons (Fsp3) is 0.100. The van der Waals surface area contributed by atoms with Gasteiger partial charge in [0.05, 0.1) is 4.90 Å². The number of amides is 1. The van der Waals surface area contributed by atoms with Crippen LogP contribution >= 0.6 is 11.6 Å². The number of rotatable bonds is 8. The molecule has 0 saturated carbocycles. The summed E-state index contributed by atoms with van der Waals surface area (Å²) < 4.78 is 34.2. The lowest BCUT2D eigenvalue weighted by atomic mass is 9.97. The zero-order valence-electron chi connectivity index (χ0n) is 22.9. The number of sulfonamides is 1. The van der Waals surface area contributed by atoms with Gasteiger partial charge in [-0.25, -0.2) is 27.9 Å². The highest BCUT2D eigenvalue weighted by molar-refractivity contribution is 7.92. The number of esters is 1. The number of halogens is 1. The van der Waals surface area contributed by atoms with Gasteiger partial charge in [-0.3, -0.25) is 9.59 Å². The van der Waals surface area contributed by atoms with Gasteiger partial charge in [0, 0.05) is 40.6 Å². The van der Waals surface area contributed by atoms with E-state index < -0.39 is 34.1 Å². The Hall–Kier alpha value is -5.07. The Morgan fingerprint density at radius 3 is 2.30 bits per heavy atom. The van der Waals surface area contributed by atoms with Crippen molar-refractivity contribution < 1.29 is 22.7 Å². The molecule has 218 valence electrons. The Labute approximate surface area is 251 Å². The van der Waals surface area contributed by atoms with Crippen molar-refractivity contribution in [2.45, 2.75) is 11.8 Å². The number of hydrogen-bond acceptors (Lipinski definition) is 8. The molecule has 0 unspecified atom stereocenters. The molecule has 5 rings (SSSR count). The van der Waals surface area contributed by atoms with E-state index in [1.807, 2.05) is 0 Å². The van der Waals surface area contributed by atoms with Crippen LogP contribution in [0.15, 0.2) is 94.7 Å². The van der Waals surface area contributed by atoms with Gasteiger partial charge < -0.3 is 14.6 Å². The molecule has 11 nitrogen and oxygen atoms in total. The minimum atomic E-state index is -3.97. The van der Waals surface area contributed by atoms with Crippen molar-refractivity contribution in [3.05, 3.63) is 112 Å². The molecule has 2 heterocycles. The molecule has 43 heavy (non-hydrogen) atoms. The summed E-state index contributed by atoms with van der Waals surface area (Å²) in [5, 5.41) is 4.01. The van der Waals surface area contributed by atoms with Gasteiger partial charge in [0.2, 0.25) is 5.95 Å². The lowest BCUT2D eigenvalue weighted by Crippen LogP contribution is -2.28. The summed E-state index contributed by atoms with van der Waals surface area (Å²) in [7, 11) is -2.51. The number of anilines is 2. The molecular formula is C30H24ClN5O6S. The van der Waals surface area contributed by atoms with Gasteiger partial charge in [-0.05, 0) is 66.4 Å². The summed E-state index contributed by atoms with van der Waals surface area (Å²) in [6.07, 6.45) is 1.43. The first-order valence-corrected chi connectivity index (χ1v) is 14.7. The van der Waals surface area contributed by atoms with Crippen LogP contribution in [0.2, 0.25) is 5.02 Å². The fourth-order valence-electron chi connectivity index (χ4n) is 4.40. The maximum Gasteiger partial charge on any atom is 0.356 e. The van der Waals surface area contributed by atoms with Crippen molar-refractivity contribution in [3.8, 4) is 11.1 Å². The molecule has 1 amide bonds. The van der Waals surface area contributed by atoms with E-state index in [1.54, 1.807) is 61.5 Å². The quantitative estimate of drug-likeness (QED) is 0.241. The third-order valence-electron chi connectivity index (χ3n) is 6.43. The van der Waals surface area contributed by atoms with Crippen molar-refractivity contribution in [1.29, 1.82) is 0 Å². The topological polar surface area (TPSA) is 149 Å². The SMILES string of the molecule is Cc1ccnc(NS(=O)(=O)c2ccc(NC(=O)COC(=O)c3c(-c4ccc(Cl)cc4)c4ccccc4c(=O)n3C)cc2)n1. The lowest BCUT2D eigenvalue weighted by molar-refractivity contribution is -0.119. The fourth-order valence-corrected chi connectivity index (χ4v) is 5.48. The van der Waals surface area contributed by atoms with E-state index in [2.05, 4.69) is 20.0 Å². The van der Waals surface area contributed by atoms with Crippen LogP contribution in [0.25, 0.3) is 21.9 Å². The maximum atomic E-state index is 13.3. The molecule has 0 atom stereocenters.